The lowest BCUT2D eigenvalue weighted by atomic mass is 10.1. The topological polar surface area (TPSA) is 35.5 Å². The standard InChI is InChI=1S/C20H25F2O3P/c1-4-5-14-26(23,24-15(2)17-10-6-8-12-19(17)21)25-16(3)18-11-7-9-13-20(18)22/h6-13,15-16H,4-5,14H2,1-3H3. The summed E-state index contributed by atoms with van der Waals surface area (Å²) in [6.07, 6.45) is 0.143. The van der Waals surface area contributed by atoms with Crippen molar-refractivity contribution in [3.63, 3.8) is 0 Å². The van der Waals surface area contributed by atoms with Crippen molar-refractivity contribution < 1.29 is 22.4 Å². The van der Waals surface area contributed by atoms with Crippen LogP contribution in [0.2, 0.25) is 0 Å². The van der Waals surface area contributed by atoms with Gasteiger partial charge in [-0.05, 0) is 32.4 Å². The van der Waals surface area contributed by atoms with Gasteiger partial charge in [0.15, 0.2) is 0 Å². The largest absolute Gasteiger partial charge is 0.331 e. The molecule has 2 rings (SSSR count). The van der Waals surface area contributed by atoms with Gasteiger partial charge in [0, 0.05) is 11.1 Å². The van der Waals surface area contributed by atoms with Crippen LogP contribution >= 0.6 is 7.60 Å². The van der Waals surface area contributed by atoms with Crippen molar-refractivity contribution in [3.8, 4) is 0 Å². The van der Waals surface area contributed by atoms with Crippen LogP contribution < -0.4 is 0 Å². The van der Waals surface area contributed by atoms with Crippen LogP contribution in [0.1, 0.15) is 56.9 Å². The highest BCUT2D eigenvalue weighted by Gasteiger charge is 2.31. The summed E-state index contributed by atoms with van der Waals surface area (Å²) in [6.45, 7) is 5.23. The normalized spacial score (nSPS) is 16.0. The Labute approximate surface area is 153 Å². The second kappa shape index (κ2) is 9.40. The maximum Gasteiger partial charge on any atom is 0.331 e. The Bertz CT molecular complexity index is 709. The van der Waals surface area contributed by atoms with Crippen molar-refractivity contribution in [1.29, 1.82) is 0 Å². The van der Waals surface area contributed by atoms with Crippen molar-refractivity contribution in [2.75, 3.05) is 6.16 Å². The molecule has 2 aromatic rings. The highest BCUT2D eigenvalue weighted by Crippen LogP contribution is 2.56. The maximum atomic E-state index is 14.0. The van der Waals surface area contributed by atoms with Crippen LogP contribution in [-0.2, 0) is 13.6 Å². The smallest absolute Gasteiger partial charge is 0.301 e. The Morgan fingerprint density at radius 2 is 1.31 bits per heavy atom. The van der Waals surface area contributed by atoms with E-state index in [1.54, 1.807) is 50.2 Å². The van der Waals surface area contributed by atoms with E-state index in [1.807, 2.05) is 6.92 Å². The molecule has 0 aliphatic heterocycles. The summed E-state index contributed by atoms with van der Waals surface area (Å²) in [5, 5.41) is 0. The molecule has 0 saturated carbocycles. The van der Waals surface area contributed by atoms with Gasteiger partial charge in [0.2, 0.25) is 0 Å². The summed E-state index contributed by atoms with van der Waals surface area (Å²) < 4.78 is 52.7. The first-order chi connectivity index (χ1) is 12.4. The second-order valence-corrected chi connectivity index (χ2v) is 8.32. The van der Waals surface area contributed by atoms with Gasteiger partial charge in [-0.25, -0.2) is 8.78 Å². The van der Waals surface area contributed by atoms with Crippen molar-refractivity contribution in [1.82, 2.24) is 0 Å². The molecular formula is C20H25F2O3P. The lowest BCUT2D eigenvalue weighted by Gasteiger charge is -2.26. The molecule has 0 saturated heterocycles. The van der Waals surface area contributed by atoms with Gasteiger partial charge in [-0.15, -0.1) is 0 Å². The minimum Gasteiger partial charge on any atom is -0.301 e. The lowest BCUT2D eigenvalue weighted by Crippen LogP contribution is -2.09. The molecule has 0 heterocycles. The van der Waals surface area contributed by atoms with E-state index in [2.05, 4.69) is 0 Å². The molecule has 0 aromatic heterocycles. The SMILES string of the molecule is CCCCP(=O)(OC(C)c1ccccc1F)OC(C)c1ccccc1F. The second-order valence-electron chi connectivity index (χ2n) is 6.23. The van der Waals surface area contributed by atoms with Gasteiger partial charge < -0.3 is 9.05 Å². The van der Waals surface area contributed by atoms with Gasteiger partial charge in [-0.2, -0.15) is 0 Å². The Balaban J connectivity index is 2.20. The lowest BCUT2D eigenvalue weighted by molar-refractivity contribution is 0.125. The average Bonchev–Trinajstić information content (AvgIpc) is 2.60. The quantitative estimate of drug-likeness (QED) is 0.447. The summed E-state index contributed by atoms with van der Waals surface area (Å²) >= 11 is 0. The summed E-state index contributed by atoms with van der Waals surface area (Å²) in [5.41, 5.74) is 0.623. The van der Waals surface area contributed by atoms with Crippen LogP contribution in [0.5, 0.6) is 0 Å². The molecule has 0 bridgehead atoms. The van der Waals surface area contributed by atoms with Crippen molar-refractivity contribution in [2.45, 2.75) is 45.8 Å². The fourth-order valence-electron chi connectivity index (χ4n) is 2.69. The zero-order chi connectivity index (χ0) is 19.2. The third-order valence-electron chi connectivity index (χ3n) is 4.11. The zero-order valence-corrected chi connectivity index (χ0v) is 16.2. The van der Waals surface area contributed by atoms with Crippen molar-refractivity contribution in [2.24, 2.45) is 0 Å². The first kappa shape index (κ1) is 20.8. The number of halogens is 2. The molecule has 3 nitrogen and oxygen atoms in total. The third-order valence-corrected chi connectivity index (χ3v) is 6.25. The molecule has 0 aliphatic carbocycles. The highest BCUT2D eigenvalue weighted by molar-refractivity contribution is 7.53. The molecule has 26 heavy (non-hydrogen) atoms. The molecule has 2 aromatic carbocycles. The molecule has 0 radical (unpaired) electrons. The van der Waals surface area contributed by atoms with Crippen LogP contribution in [0.3, 0.4) is 0 Å². The van der Waals surface area contributed by atoms with Crippen LogP contribution in [-0.4, -0.2) is 6.16 Å². The maximum absolute atomic E-state index is 14.0. The van der Waals surface area contributed by atoms with Crippen LogP contribution in [0, 0.1) is 11.6 Å². The third kappa shape index (κ3) is 5.47. The van der Waals surface area contributed by atoms with Gasteiger partial charge >= 0.3 is 7.60 Å². The minimum absolute atomic E-state index is 0.196. The molecule has 0 N–H and O–H groups in total. The molecule has 0 aliphatic rings. The Kier molecular flexibility index (Phi) is 7.51. The number of rotatable bonds is 9. The Morgan fingerprint density at radius 3 is 1.69 bits per heavy atom. The molecule has 0 fully saturated rings. The summed E-state index contributed by atoms with van der Waals surface area (Å²) in [4.78, 5) is 0. The summed E-state index contributed by atoms with van der Waals surface area (Å²) in [5.74, 6) is -0.853. The fourth-order valence-corrected chi connectivity index (χ4v) is 4.84. The van der Waals surface area contributed by atoms with E-state index in [0.717, 1.165) is 6.42 Å². The highest BCUT2D eigenvalue weighted by atomic mass is 31.2. The Hall–Kier alpha value is -1.55. The van der Waals surface area contributed by atoms with Gasteiger partial charge in [0.1, 0.15) is 11.6 Å². The zero-order valence-electron chi connectivity index (χ0n) is 15.3. The molecule has 142 valence electrons. The van der Waals surface area contributed by atoms with E-state index in [1.165, 1.54) is 12.1 Å². The molecule has 0 amide bonds. The predicted octanol–water partition coefficient (Wildman–Crippen LogP) is 6.81. The van der Waals surface area contributed by atoms with E-state index in [-0.39, 0.29) is 6.16 Å². The molecule has 0 spiro atoms. The minimum atomic E-state index is -3.55. The number of unbranched alkanes of at least 4 members (excludes halogenated alkanes) is 1. The van der Waals surface area contributed by atoms with E-state index in [9.17, 15) is 13.3 Å². The van der Waals surface area contributed by atoms with Gasteiger partial charge in [0.05, 0.1) is 18.4 Å². The fraction of sp³-hybridized carbons (Fsp3) is 0.400. The number of hydrogen-bond donors (Lipinski definition) is 0. The number of hydrogen-bond acceptors (Lipinski definition) is 3. The van der Waals surface area contributed by atoms with E-state index < -0.39 is 31.4 Å². The van der Waals surface area contributed by atoms with E-state index in [0.29, 0.717) is 17.5 Å². The average molecular weight is 382 g/mol. The predicted molar refractivity (Wildman–Crippen MR) is 99.2 cm³/mol. The van der Waals surface area contributed by atoms with Gasteiger partial charge in [-0.1, -0.05) is 49.7 Å². The van der Waals surface area contributed by atoms with Crippen molar-refractivity contribution in [3.05, 3.63) is 71.3 Å². The van der Waals surface area contributed by atoms with Crippen LogP contribution in [0.15, 0.2) is 48.5 Å². The first-order valence-corrected chi connectivity index (χ1v) is 10.5. The summed E-state index contributed by atoms with van der Waals surface area (Å²) in [6, 6.07) is 12.4. The van der Waals surface area contributed by atoms with Crippen LogP contribution in [0.4, 0.5) is 8.78 Å². The summed E-state index contributed by atoms with van der Waals surface area (Å²) in [7, 11) is -3.55. The van der Waals surface area contributed by atoms with Gasteiger partial charge in [-0.3, -0.25) is 4.57 Å². The Morgan fingerprint density at radius 1 is 0.885 bits per heavy atom. The molecule has 2 atom stereocenters. The molecule has 6 heteroatoms. The van der Waals surface area contributed by atoms with E-state index in [4.69, 9.17) is 9.05 Å². The van der Waals surface area contributed by atoms with Crippen LogP contribution in [0.25, 0.3) is 0 Å². The monoisotopic (exact) mass is 382 g/mol. The number of benzene rings is 2. The van der Waals surface area contributed by atoms with E-state index >= 15 is 0 Å². The van der Waals surface area contributed by atoms with Crippen molar-refractivity contribution >= 4 is 7.60 Å². The first-order valence-electron chi connectivity index (χ1n) is 8.81. The van der Waals surface area contributed by atoms with Gasteiger partial charge in [0.25, 0.3) is 0 Å². The molecule has 2 unspecified atom stereocenters. The molecular weight excluding hydrogens is 357 g/mol.